The van der Waals surface area contributed by atoms with Gasteiger partial charge in [-0.2, -0.15) is 0 Å². The highest BCUT2D eigenvalue weighted by Crippen LogP contribution is 2.36. The van der Waals surface area contributed by atoms with Crippen molar-refractivity contribution in [3.8, 4) is 5.75 Å². The van der Waals surface area contributed by atoms with Gasteiger partial charge in [-0.3, -0.25) is 4.79 Å². The number of furan rings is 1. The molecule has 1 amide bonds. The third kappa shape index (κ3) is 4.12. The number of aliphatic carboxylic acids is 1. The molecule has 3 heterocycles. The maximum atomic E-state index is 12.9. The SMILES string of the molecule is Cc1oc2c(c(C)cc3oc(=O)c(CC(=O)N[C@@H](Cc4c[nH]c5ccc(O)cc45)C(=O)[O-])c(C)c32)c1C. The third-order valence-electron chi connectivity index (χ3n) is 7.01. The van der Waals surface area contributed by atoms with Gasteiger partial charge in [-0.1, -0.05) is 0 Å². The molecule has 9 heteroatoms. The number of carbonyl (C=O) groups is 2. The zero-order chi connectivity index (χ0) is 26.6. The fourth-order valence-electron chi connectivity index (χ4n) is 4.99. The van der Waals surface area contributed by atoms with Crippen molar-refractivity contribution < 1.29 is 28.6 Å². The topological polar surface area (TPSA) is 149 Å². The van der Waals surface area contributed by atoms with Crippen LogP contribution in [0.2, 0.25) is 0 Å². The van der Waals surface area contributed by atoms with E-state index >= 15 is 0 Å². The summed E-state index contributed by atoms with van der Waals surface area (Å²) >= 11 is 0. The second-order valence-electron chi connectivity index (χ2n) is 9.41. The standard InChI is InChI=1S/C28H26N2O7/c1-12-7-22-25(26-24(12)13(2)15(4)36-26)14(3)18(28(35)37-22)10-23(32)30-21(27(33)34)8-16-11-29-20-6-5-17(31)9-19(16)20/h5-7,9,11,21,29,31H,8,10H2,1-4H3,(H,30,32)(H,33,34)/p-1/t21-/m0/s1. The lowest BCUT2D eigenvalue weighted by molar-refractivity contribution is -0.308. The number of benzene rings is 2. The molecule has 0 aliphatic rings. The summed E-state index contributed by atoms with van der Waals surface area (Å²) in [6, 6.07) is 5.12. The Morgan fingerprint density at radius 2 is 1.84 bits per heavy atom. The number of rotatable bonds is 6. The van der Waals surface area contributed by atoms with E-state index in [0.717, 1.165) is 22.3 Å². The Morgan fingerprint density at radius 1 is 1.08 bits per heavy atom. The number of phenolic OH excluding ortho intramolecular Hbond substituents is 1. The number of H-pyrrole nitrogens is 1. The van der Waals surface area contributed by atoms with Crippen LogP contribution in [-0.2, 0) is 22.4 Å². The van der Waals surface area contributed by atoms with Crippen LogP contribution in [0.5, 0.6) is 5.75 Å². The maximum Gasteiger partial charge on any atom is 0.340 e. The summed E-state index contributed by atoms with van der Waals surface area (Å²) in [6.45, 7) is 7.45. The number of aromatic amines is 1. The predicted octanol–water partition coefficient (Wildman–Crippen LogP) is 2.98. The van der Waals surface area contributed by atoms with E-state index in [1.807, 2.05) is 20.8 Å². The van der Waals surface area contributed by atoms with E-state index in [2.05, 4.69) is 10.3 Å². The number of carboxylic acid groups (broad SMARTS) is 1. The molecule has 0 bridgehead atoms. The second-order valence-corrected chi connectivity index (χ2v) is 9.41. The van der Waals surface area contributed by atoms with E-state index in [0.29, 0.717) is 38.6 Å². The molecular formula is C28H25N2O7-. The summed E-state index contributed by atoms with van der Waals surface area (Å²) in [5.41, 5.74) is 4.13. The number of aromatic nitrogens is 1. The van der Waals surface area contributed by atoms with Gasteiger partial charge < -0.3 is 34.1 Å². The van der Waals surface area contributed by atoms with Crippen LogP contribution in [0.4, 0.5) is 0 Å². The lowest BCUT2D eigenvalue weighted by Crippen LogP contribution is -2.49. The highest BCUT2D eigenvalue weighted by Gasteiger charge is 2.23. The number of amides is 1. The van der Waals surface area contributed by atoms with Gasteiger partial charge in [0.1, 0.15) is 22.7 Å². The molecule has 37 heavy (non-hydrogen) atoms. The fraction of sp³-hybridized carbons (Fsp3) is 0.250. The van der Waals surface area contributed by atoms with Crippen LogP contribution >= 0.6 is 0 Å². The van der Waals surface area contributed by atoms with Gasteiger partial charge in [0.15, 0.2) is 0 Å². The normalized spacial score (nSPS) is 12.4. The van der Waals surface area contributed by atoms with Crippen LogP contribution in [0.3, 0.4) is 0 Å². The Balaban J connectivity index is 1.47. The highest BCUT2D eigenvalue weighted by atomic mass is 16.4. The van der Waals surface area contributed by atoms with E-state index < -0.39 is 23.5 Å². The zero-order valence-corrected chi connectivity index (χ0v) is 20.8. The molecule has 5 aromatic rings. The highest BCUT2D eigenvalue weighted by molar-refractivity contribution is 6.07. The molecule has 190 valence electrons. The lowest BCUT2D eigenvalue weighted by atomic mass is 9.98. The van der Waals surface area contributed by atoms with Crippen LogP contribution in [0.15, 0.2) is 44.1 Å². The first-order chi connectivity index (χ1) is 17.5. The number of hydrogen-bond acceptors (Lipinski definition) is 7. The fourth-order valence-corrected chi connectivity index (χ4v) is 4.99. The van der Waals surface area contributed by atoms with Crippen molar-refractivity contribution in [2.45, 2.75) is 46.6 Å². The minimum Gasteiger partial charge on any atom is -0.548 e. The second kappa shape index (κ2) is 8.85. The summed E-state index contributed by atoms with van der Waals surface area (Å²) in [5, 5.41) is 26.3. The van der Waals surface area contributed by atoms with E-state index in [1.165, 1.54) is 12.1 Å². The number of carbonyl (C=O) groups excluding carboxylic acids is 2. The molecule has 5 rings (SSSR count). The molecule has 0 aliphatic carbocycles. The van der Waals surface area contributed by atoms with Crippen LogP contribution in [0, 0.1) is 27.7 Å². The Hall–Kier alpha value is -4.53. The van der Waals surface area contributed by atoms with Crippen molar-refractivity contribution in [2.24, 2.45) is 0 Å². The molecule has 0 radical (unpaired) electrons. The average Bonchev–Trinajstić information content (AvgIpc) is 3.36. The minimum absolute atomic E-state index is 0.0344. The molecule has 0 saturated heterocycles. The lowest BCUT2D eigenvalue weighted by Gasteiger charge is -2.20. The number of fused-ring (bicyclic) bond motifs is 4. The monoisotopic (exact) mass is 501 g/mol. The average molecular weight is 502 g/mol. The molecule has 9 nitrogen and oxygen atoms in total. The van der Waals surface area contributed by atoms with Gasteiger partial charge in [-0.05, 0) is 74.2 Å². The number of carboxylic acids is 1. The van der Waals surface area contributed by atoms with Crippen molar-refractivity contribution in [1.82, 2.24) is 10.3 Å². The minimum atomic E-state index is -1.47. The maximum absolute atomic E-state index is 12.9. The number of aromatic hydroxyl groups is 1. The summed E-state index contributed by atoms with van der Waals surface area (Å²) < 4.78 is 11.6. The summed E-state index contributed by atoms with van der Waals surface area (Å²) in [7, 11) is 0. The Morgan fingerprint density at radius 3 is 2.57 bits per heavy atom. The summed E-state index contributed by atoms with van der Waals surface area (Å²) in [6.07, 6.45) is 1.17. The van der Waals surface area contributed by atoms with Gasteiger partial charge in [0.2, 0.25) is 5.91 Å². The first-order valence-electron chi connectivity index (χ1n) is 11.8. The van der Waals surface area contributed by atoms with E-state index in [-0.39, 0.29) is 24.2 Å². The van der Waals surface area contributed by atoms with Crippen molar-refractivity contribution in [3.05, 3.63) is 74.5 Å². The number of nitrogens with one attached hydrogen (secondary N) is 2. The molecule has 0 aliphatic heterocycles. The smallest absolute Gasteiger partial charge is 0.340 e. The summed E-state index contributed by atoms with van der Waals surface area (Å²) in [5.74, 6) is -1.35. The van der Waals surface area contributed by atoms with E-state index in [9.17, 15) is 24.6 Å². The predicted molar refractivity (Wildman–Crippen MR) is 136 cm³/mol. The molecular weight excluding hydrogens is 476 g/mol. The number of phenols is 1. The van der Waals surface area contributed by atoms with Crippen molar-refractivity contribution in [2.75, 3.05) is 0 Å². The largest absolute Gasteiger partial charge is 0.548 e. The van der Waals surface area contributed by atoms with Gasteiger partial charge >= 0.3 is 5.63 Å². The van der Waals surface area contributed by atoms with Crippen molar-refractivity contribution in [1.29, 1.82) is 0 Å². The molecule has 0 spiro atoms. The Labute approximate surface area is 210 Å². The number of hydrogen-bond donors (Lipinski definition) is 3. The van der Waals surface area contributed by atoms with Gasteiger partial charge in [-0.25, -0.2) is 4.79 Å². The van der Waals surface area contributed by atoms with Gasteiger partial charge in [0.05, 0.1) is 29.4 Å². The van der Waals surface area contributed by atoms with Gasteiger partial charge in [0.25, 0.3) is 0 Å². The van der Waals surface area contributed by atoms with Gasteiger partial charge in [0, 0.05) is 28.9 Å². The van der Waals surface area contributed by atoms with Gasteiger partial charge in [-0.15, -0.1) is 0 Å². The Bertz CT molecular complexity index is 1790. The first kappa shape index (κ1) is 24.2. The molecule has 0 saturated carbocycles. The van der Waals surface area contributed by atoms with Crippen molar-refractivity contribution >= 4 is 44.7 Å². The van der Waals surface area contributed by atoms with E-state index in [1.54, 1.807) is 25.3 Å². The molecule has 1 atom stereocenters. The van der Waals surface area contributed by atoms with Crippen LogP contribution in [0.25, 0.3) is 32.8 Å². The first-order valence-corrected chi connectivity index (χ1v) is 11.8. The van der Waals surface area contributed by atoms with Crippen LogP contribution < -0.4 is 16.0 Å². The molecule has 0 fully saturated rings. The molecule has 3 N–H and O–H groups in total. The van der Waals surface area contributed by atoms with E-state index in [4.69, 9.17) is 8.83 Å². The Kier molecular flexibility index (Phi) is 5.78. The zero-order valence-electron chi connectivity index (χ0n) is 20.8. The summed E-state index contributed by atoms with van der Waals surface area (Å²) in [4.78, 5) is 40.6. The molecule has 3 aromatic heterocycles. The molecule has 2 aromatic carbocycles. The van der Waals surface area contributed by atoms with Crippen molar-refractivity contribution in [3.63, 3.8) is 0 Å². The van der Waals surface area contributed by atoms with Crippen LogP contribution in [0.1, 0.15) is 33.6 Å². The quantitative estimate of drug-likeness (QED) is 0.303. The van der Waals surface area contributed by atoms with Crippen LogP contribution in [-0.4, -0.2) is 28.0 Å². The number of aryl methyl sites for hydroxylation is 4. The third-order valence-corrected chi connectivity index (χ3v) is 7.01. The molecule has 0 unspecified atom stereocenters.